The minimum absolute atomic E-state index is 0.188. The molecule has 0 aliphatic carbocycles. The molecule has 0 spiro atoms. The summed E-state index contributed by atoms with van der Waals surface area (Å²) in [7, 11) is 3.04. The molecule has 2 rings (SSSR count). The number of terminal acetylenes is 1. The van der Waals surface area contributed by atoms with Gasteiger partial charge in [-0.2, -0.15) is 5.10 Å². The minimum Gasteiger partial charge on any atom is -0.493 e. The van der Waals surface area contributed by atoms with E-state index >= 15 is 0 Å². The highest BCUT2D eigenvalue weighted by atomic mass is 79.9. The molecule has 2 aromatic rings. The smallest absolute Gasteiger partial charge is 0.271 e. The van der Waals surface area contributed by atoms with E-state index in [1.807, 2.05) is 0 Å². The maximum atomic E-state index is 12.2. The van der Waals surface area contributed by atoms with Gasteiger partial charge in [0.25, 0.3) is 5.91 Å². The minimum atomic E-state index is -0.366. The Morgan fingerprint density at radius 1 is 1.19 bits per heavy atom. The summed E-state index contributed by atoms with van der Waals surface area (Å²) in [6.45, 7) is 0.188. The molecule has 0 saturated heterocycles. The molecule has 0 aromatic heterocycles. The van der Waals surface area contributed by atoms with Crippen molar-refractivity contribution in [1.29, 1.82) is 0 Å². The number of hydrazone groups is 1. The molecule has 0 saturated carbocycles. The van der Waals surface area contributed by atoms with Crippen molar-refractivity contribution >= 4 is 28.1 Å². The van der Waals surface area contributed by atoms with E-state index in [9.17, 15) is 4.79 Å². The van der Waals surface area contributed by atoms with Crippen molar-refractivity contribution in [2.45, 2.75) is 0 Å². The van der Waals surface area contributed by atoms with E-state index in [1.165, 1.54) is 20.4 Å². The Bertz CT molecular complexity index is 859. The fourth-order valence-electron chi connectivity index (χ4n) is 2.04. The number of ether oxygens (including phenoxy) is 3. The highest BCUT2D eigenvalue weighted by molar-refractivity contribution is 9.10. The van der Waals surface area contributed by atoms with Crippen LogP contribution in [0.15, 0.2) is 46.0 Å². The molecule has 0 aliphatic heterocycles. The van der Waals surface area contributed by atoms with Crippen molar-refractivity contribution in [1.82, 2.24) is 5.43 Å². The summed E-state index contributed by atoms with van der Waals surface area (Å²) in [5, 5.41) is 3.96. The third-order valence-corrected chi connectivity index (χ3v) is 3.91. The Kier molecular flexibility index (Phi) is 7.06. The lowest BCUT2D eigenvalue weighted by atomic mass is 10.2. The number of nitrogens with zero attached hydrogens (tertiary/aromatic N) is 1. The van der Waals surface area contributed by atoms with Crippen LogP contribution in [0.1, 0.15) is 15.9 Å². The molecule has 1 N–H and O–H groups in total. The van der Waals surface area contributed by atoms with Gasteiger partial charge in [0.2, 0.25) is 0 Å². The van der Waals surface area contributed by atoms with E-state index in [4.69, 9.17) is 20.6 Å². The normalized spacial score (nSPS) is 10.2. The molecule has 1 amide bonds. The molecule has 7 heteroatoms. The lowest BCUT2D eigenvalue weighted by Crippen LogP contribution is -2.17. The van der Waals surface area contributed by atoms with Crippen LogP contribution in [0.2, 0.25) is 0 Å². The highest BCUT2D eigenvalue weighted by Gasteiger charge is 2.10. The quantitative estimate of drug-likeness (QED) is 0.427. The number of hydrogen-bond donors (Lipinski definition) is 1. The molecule has 134 valence electrons. The van der Waals surface area contributed by atoms with Gasteiger partial charge in [0, 0.05) is 5.56 Å². The molecular weight excluding hydrogens is 400 g/mol. The fraction of sp³-hybridized carbons (Fsp3) is 0.158. The molecule has 0 heterocycles. The van der Waals surface area contributed by atoms with E-state index in [1.54, 1.807) is 36.4 Å². The van der Waals surface area contributed by atoms with Crippen LogP contribution in [0.5, 0.6) is 17.2 Å². The predicted molar refractivity (Wildman–Crippen MR) is 103 cm³/mol. The van der Waals surface area contributed by atoms with Crippen molar-refractivity contribution in [2.24, 2.45) is 5.10 Å². The molecule has 0 unspecified atom stereocenters. The third kappa shape index (κ3) is 5.01. The SMILES string of the molecule is C#CCOc1ccc(/C=N\NC(=O)c2ccc(OC)c(OC)c2)cc1Br. The van der Waals surface area contributed by atoms with Crippen molar-refractivity contribution in [3.63, 3.8) is 0 Å². The van der Waals surface area contributed by atoms with Crippen LogP contribution >= 0.6 is 15.9 Å². The van der Waals surface area contributed by atoms with E-state index in [-0.39, 0.29) is 12.5 Å². The molecule has 0 bridgehead atoms. The fourth-order valence-corrected chi connectivity index (χ4v) is 2.55. The lowest BCUT2D eigenvalue weighted by molar-refractivity contribution is 0.0954. The topological polar surface area (TPSA) is 69.2 Å². The summed E-state index contributed by atoms with van der Waals surface area (Å²) >= 11 is 3.40. The summed E-state index contributed by atoms with van der Waals surface area (Å²) in [6.07, 6.45) is 6.69. The molecular formula is C19H17BrN2O4. The molecule has 0 aliphatic rings. The van der Waals surface area contributed by atoms with Crippen LogP contribution in [-0.2, 0) is 0 Å². The number of carbonyl (C=O) groups is 1. The van der Waals surface area contributed by atoms with Crippen molar-refractivity contribution in [3.8, 4) is 29.6 Å². The number of halogens is 1. The number of amides is 1. The van der Waals surface area contributed by atoms with Gasteiger partial charge in [0.1, 0.15) is 12.4 Å². The van der Waals surface area contributed by atoms with Crippen molar-refractivity contribution in [2.75, 3.05) is 20.8 Å². The molecule has 0 radical (unpaired) electrons. The first-order valence-corrected chi connectivity index (χ1v) is 8.29. The van der Waals surface area contributed by atoms with Gasteiger partial charge in [-0.05, 0) is 57.9 Å². The summed E-state index contributed by atoms with van der Waals surface area (Å²) in [6, 6.07) is 10.2. The number of carbonyl (C=O) groups excluding carboxylic acids is 1. The van der Waals surface area contributed by atoms with Crippen LogP contribution < -0.4 is 19.6 Å². The number of nitrogens with one attached hydrogen (secondary N) is 1. The molecule has 26 heavy (non-hydrogen) atoms. The molecule has 0 atom stereocenters. The average molecular weight is 417 g/mol. The van der Waals surface area contributed by atoms with E-state index in [0.29, 0.717) is 22.8 Å². The summed E-state index contributed by atoms with van der Waals surface area (Å²) in [4.78, 5) is 12.2. The zero-order valence-corrected chi connectivity index (χ0v) is 15.9. The second-order valence-corrected chi connectivity index (χ2v) is 5.81. The summed E-state index contributed by atoms with van der Waals surface area (Å²) < 4.78 is 16.4. The maximum absolute atomic E-state index is 12.2. The van der Waals surface area contributed by atoms with E-state index < -0.39 is 0 Å². The summed E-state index contributed by atoms with van der Waals surface area (Å²) in [5.41, 5.74) is 3.64. The first-order chi connectivity index (χ1) is 12.6. The predicted octanol–water partition coefficient (Wildman–Crippen LogP) is 3.24. The first kappa shape index (κ1) is 19.3. The number of benzene rings is 2. The molecule has 6 nitrogen and oxygen atoms in total. The van der Waals surface area contributed by atoms with Crippen molar-refractivity contribution < 1.29 is 19.0 Å². The maximum Gasteiger partial charge on any atom is 0.271 e. The number of rotatable bonds is 7. The largest absolute Gasteiger partial charge is 0.493 e. The van der Waals surface area contributed by atoms with Gasteiger partial charge >= 0.3 is 0 Å². The van der Waals surface area contributed by atoms with E-state index in [0.717, 1.165) is 10.0 Å². The zero-order valence-electron chi connectivity index (χ0n) is 14.3. The Balaban J connectivity index is 2.03. The zero-order chi connectivity index (χ0) is 18.9. The third-order valence-electron chi connectivity index (χ3n) is 3.29. The van der Waals surface area contributed by atoms with Crippen LogP contribution in [0.25, 0.3) is 0 Å². The average Bonchev–Trinajstić information content (AvgIpc) is 2.66. The van der Waals surface area contributed by atoms with Crippen LogP contribution in [0.4, 0.5) is 0 Å². The standard InChI is InChI=1S/C19H17BrN2O4/c1-4-9-26-16-7-5-13(10-15(16)20)12-21-22-19(23)14-6-8-17(24-2)18(11-14)25-3/h1,5-8,10-12H,9H2,2-3H3,(H,22,23)/b21-12-. The Morgan fingerprint density at radius 2 is 1.92 bits per heavy atom. The number of hydrogen-bond acceptors (Lipinski definition) is 5. The monoisotopic (exact) mass is 416 g/mol. The molecule has 0 fully saturated rings. The summed E-state index contributed by atoms with van der Waals surface area (Å²) in [5.74, 6) is 3.68. The van der Waals surface area contributed by atoms with Gasteiger partial charge in [0.05, 0.1) is 24.9 Å². The van der Waals surface area contributed by atoms with Crippen molar-refractivity contribution in [3.05, 3.63) is 52.0 Å². The first-order valence-electron chi connectivity index (χ1n) is 7.50. The number of methoxy groups -OCH3 is 2. The lowest BCUT2D eigenvalue weighted by Gasteiger charge is -2.08. The second-order valence-electron chi connectivity index (χ2n) is 4.95. The Morgan fingerprint density at radius 3 is 2.58 bits per heavy atom. The van der Waals surface area contributed by atoms with Gasteiger partial charge in [-0.15, -0.1) is 6.42 Å². The van der Waals surface area contributed by atoms with E-state index in [2.05, 4.69) is 32.4 Å². The second kappa shape index (κ2) is 9.49. The van der Waals surface area contributed by atoms with Crippen LogP contribution in [0.3, 0.4) is 0 Å². The van der Waals surface area contributed by atoms with Gasteiger partial charge < -0.3 is 14.2 Å². The highest BCUT2D eigenvalue weighted by Crippen LogP contribution is 2.27. The van der Waals surface area contributed by atoms with Gasteiger partial charge in [-0.1, -0.05) is 5.92 Å². The van der Waals surface area contributed by atoms with Crippen LogP contribution in [0, 0.1) is 12.3 Å². The van der Waals surface area contributed by atoms with Gasteiger partial charge in [-0.25, -0.2) is 5.43 Å². The molecule has 2 aromatic carbocycles. The Hall–Kier alpha value is -2.98. The van der Waals surface area contributed by atoms with Gasteiger partial charge in [-0.3, -0.25) is 4.79 Å². The Labute approximate surface area is 160 Å². The van der Waals surface area contributed by atoms with Gasteiger partial charge in [0.15, 0.2) is 11.5 Å². The van der Waals surface area contributed by atoms with Crippen LogP contribution in [-0.4, -0.2) is 32.9 Å².